The number of aromatic nitrogens is 6. The zero-order chi connectivity index (χ0) is 14.1. The SMILES string of the molecule is CCCNc1nc(N)nc2n[nH]c(-c3ccn(C)n3)c12. The Balaban J connectivity index is 2.18. The molecule has 0 radical (unpaired) electrons. The predicted molar refractivity (Wildman–Crippen MR) is 77.1 cm³/mol. The number of nitrogen functional groups attached to an aromatic ring is 1. The van der Waals surface area contributed by atoms with E-state index in [1.165, 1.54) is 0 Å². The quantitative estimate of drug-likeness (QED) is 0.657. The van der Waals surface area contributed by atoms with Gasteiger partial charge in [-0.2, -0.15) is 20.2 Å². The maximum atomic E-state index is 5.71. The number of anilines is 2. The summed E-state index contributed by atoms with van der Waals surface area (Å²) in [6, 6.07) is 1.91. The molecular formula is C12H16N8. The summed E-state index contributed by atoms with van der Waals surface area (Å²) in [4.78, 5) is 8.41. The Hall–Kier alpha value is -2.64. The average Bonchev–Trinajstić information content (AvgIpc) is 3.01. The number of hydrogen-bond donors (Lipinski definition) is 3. The van der Waals surface area contributed by atoms with Crippen molar-refractivity contribution in [3.63, 3.8) is 0 Å². The van der Waals surface area contributed by atoms with Gasteiger partial charge < -0.3 is 11.1 Å². The number of nitrogens with zero attached hydrogens (tertiary/aromatic N) is 5. The fraction of sp³-hybridized carbons (Fsp3) is 0.333. The van der Waals surface area contributed by atoms with Gasteiger partial charge in [-0.15, -0.1) is 0 Å². The molecule has 0 aliphatic rings. The van der Waals surface area contributed by atoms with E-state index >= 15 is 0 Å². The molecule has 3 heterocycles. The molecule has 0 bridgehead atoms. The molecule has 0 saturated carbocycles. The van der Waals surface area contributed by atoms with Crippen molar-refractivity contribution < 1.29 is 0 Å². The molecule has 0 atom stereocenters. The molecule has 3 rings (SSSR count). The number of nitrogens with two attached hydrogens (primary N) is 1. The van der Waals surface area contributed by atoms with Crippen LogP contribution in [0.3, 0.4) is 0 Å². The summed E-state index contributed by atoms with van der Waals surface area (Å²) >= 11 is 0. The van der Waals surface area contributed by atoms with Gasteiger partial charge in [-0.3, -0.25) is 9.78 Å². The molecule has 8 heteroatoms. The van der Waals surface area contributed by atoms with Crippen LogP contribution in [0.25, 0.3) is 22.4 Å². The lowest BCUT2D eigenvalue weighted by molar-refractivity contribution is 0.770. The van der Waals surface area contributed by atoms with E-state index in [4.69, 9.17) is 5.73 Å². The van der Waals surface area contributed by atoms with Gasteiger partial charge in [0.05, 0.1) is 11.1 Å². The Morgan fingerprint density at radius 1 is 1.40 bits per heavy atom. The van der Waals surface area contributed by atoms with Gasteiger partial charge in [0.1, 0.15) is 11.5 Å². The Morgan fingerprint density at radius 2 is 2.25 bits per heavy atom. The summed E-state index contributed by atoms with van der Waals surface area (Å²) in [5, 5.41) is 15.6. The van der Waals surface area contributed by atoms with Gasteiger partial charge in [0.15, 0.2) is 5.65 Å². The summed E-state index contributed by atoms with van der Waals surface area (Å²) in [5.41, 5.74) is 7.84. The van der Waals surface area contributed by atoms with Gasteiger partial charge in [0.2, 0.25) is 5.95 Å². The number of aromatic amines is 1. The highest BCUT2D eigenvalue weighted by atomic mass is 15.3. The van der Waals surface area contributed by atoms with Crippen molar-refractivity contribution in [2.45, 2.75) is 13.3 Å². The second kappa shape index (κ2) is 4.80. The summed E-state index contributed by atoms with van der Waals surface area (Å²) in [7, 11) is 1.87. The van der Waals surface area contributed by atoms with E-state index in [0.29, 0.717) is 11.5 Å². The maximum absolute atomic E-state index is 5.71. The van der Waals surface area contributed by atoms with Crippen molar-refractivity contribution in [1.29, 1.82) is 0 Å². The fourth-order valence-corrected chi connectivity index (χ4v) is 2.05. The highest BCUT2D eigenvalue weighted by Crippen LogP contribution is 2.29. The lowest BCUT2D eigenvalue weighted by Gasteiger charge is -2.06. The molecule has 3 aromatic rings. The molecule has 104 valence electrons. The van der Waals surface area contributed by atoms with Gasteiger partial charge in [-0.1, -0.05) is 6.92 Å². The molecule has 4 N–H and O–H groups in total. The van der Waals surface area contributed by atoms with Crippen molar-refractivity contribution >= 4 is 22.8 Å². The van der Waals surface area contributed by atoms with Crippen LogP contribution in [0.15, 0.2) is 12.3 Å². The molecule has 3 aromatic heterocycles. The first-order valence-electron chi connectivity index (χ1n) is 6.44. The highest BCUT2D eigenvalue weighted by molar-refractivity contribution is 5.98. The molecular weight excluding hydrogens is 256 g/mol. The van der Waals surface area contributed by atoms with Crippen molar-refractivity contribution in [3.05, 3.63) is 12.3 Å². The van der Waals surface area contributed by atoms with Crippen LogP contribution in [-0.2, 0) is 7.05 Å². The van der Waals surface area contributed by atoms with Gasteiger partial charge >= 0.3 is 0 Å². The molecule has 0 aromatic carbocycles. The van der Waals surface area contributed by atoms with E-state index < -0.39 is 0 Å². The lowest BCUT2D eigenvalue weighted by atomic mass is 10.2. The van der Waals surface area contributed by atoms with E-state index in [2.05, 4.69) is 37.5 Å². The first kappa shape index (κ1) is 12.4. The summed E-state index contributed by atoms with van der Waals surface area (Å²) < 4.78 is 1.74. The summed E-state index contributed by atoms with van der Waals surface area (Å²) in [6.07, 6.45) is 2.86. The molecule has 0 spiro atoms. The summed E-state index contributed by atoms with van der Waals surface area (Å²) in [5.74, 6) is 0.888. The maximum Gasteiger partial charge on any atom is 0.224 e. The third-order valence-corrected chi connectivity index (χ3v) is 2.94. The van der Waals surface area contributed by atoms with Crippen molar-refractivity contribution in [2.24, 2.45) is 7.05 Å². The number of fused-ring (bicyclic) bond motifs is 1. The third-order valence-electron chi connectivity index (χ3n) is 2.94. The molecule has 8 nitrogen and oxygen atoms in total. The number of nitrogens with one attached hydrogen (secondary N) is 2. The van der Waals surface area contributed by atoms with Crippen molar-refractivity contribution in [3.8, 4) is 11.4 Å². The zero-order valence-electron chi connectivity index (χ0n) is 11.4. The first-order valence-corrected chi connectivity index (χ1v) is 6.44. The van der Waals surface area contributed by atoms with Crippen LogP contribution < -0.4 is 11.1 Å². The van der Waals surface area contributed by atoms with Gasteiger partial charge in [0.25, 0.3) is 0 Å². The van der Waals surface area contributed by atoms with Crippen LogP contribution in [0.4, 0.5) is 11.8 Å². The van der Waals surface area contributed by atoms with Crippen LogP contribution in [-0.4, -0.2) is 36.5 Å². The van der Waals surface area contributed by atoms with Crippen molar-refractivity contribution in [2.75, 3.05) is 17.6 Å². The van der Waals surface area contributed by atoms with Crippen LogP contribution >= 0.6 is 0 Å². The molecule has 0 unspecified atom stereocenters. The summed E-state index contributed by atoms with van der Waals surface area (Å²) in [6.45, 7) is 2.89. The smallest absolute Gasteiger partial charge is 0.224 e. The van der Waals surface area contributed by atoms with E-state index in [1.807, 2.05) is 19.3 Å². The van der Waals surface area contributed by atoms with Gasteiger partial charge in [-0.05, 0) is 12.5 Å². The van der Waals surface area contributed by atoms with Crippen molar-refractivity contribution in [1.82, 2.24) is 29.9 Å². The van der Waals surface area contributed by atoms with Crippen LogP contribution in [0.2, 0.25) is 0 Å². The Morgan fingerprint density at radius 3 is 2.95 bits per heavy atom. The minimum Gasteiger partial charge on any atom is -0.369 e. The van der Waals surface area contributed by atoms with E-state index in [0.717, 1.165) is 29.7 Å². The first-order chi connectivity index (χ1) is 9.69. The Kier molecular flexibility index (Phi) is 2.97. The minimum absolute atomic E-state index is 0.204. The monoisotopic (exact) mass is 272 g/mol. The number of hydrogen-bond acceptors (Lipinski definition) is 6. The molecule has 20 heavy (non-hydrogen) atoms. The molecule has 0 amide bonds. The topological polar surface area (TPSA) is 110 Å². The Labute approximate surface area is 115 Å². The number of H-pyrrole nitrogens is 1. The Bertz CT molecular complexity index is 741. The highest BCUT2D eigenvalue weighted by Gasteiger charge is 2.16. The minimum atomic E-state index is 0.204. The van der Waals surface area contributed by atoms with E-state index in [-0.39, 0.29) is 5.95 Å². The zero-order valence-corrected chi connectivity index (χ0v) is 11.4. The van der Waals surface area contributed by atoms with Crippen LogP contribution in [0, 0.1) is 0 Å². The molecule has 0 aliphatic carbocycles. The van der Waals surface area contributed by atoms with Crippen LogP contribution in [0.5, 0.6) is 0 Å². The normalized spacial score (nSPS) is 11.1. The molecule has 0 aliphatic heterocycles. The average molecular weight is 272 g/mol. The van der Waals surface area contributed by atoms with E-state index in [9.17, 15) is 0 Å². The van der Waals surface area contributed by atoms with Crippen LogP contribution in [0.1, 0.15) is 13.3 Å². The van der Waals surface area contributed by atoms with Gasteiger partial charge in [0, 0.05) is 19.8 Å². The molecule has 0 fully saturated rings. The second-order valence-electron chi connectivity index (χ2n) is 4.53. The lowest BCUT2D eigenvalue weighted by Crippen LogP contribution is -2.05. The molecule has 0 saturated heterocycles. The fourth-order valence-electron chi connectivity index (χ4n) is 2.05. The van der Waals surface area contributed by atoms with Gasteiger partial charge in [-0.25, -0.2) is 0 Å². The second-order valence-corrected chi connectivity index (χ2v) is 4.53. The number of rotatable bonds is 4. The van der Waals surface area contributed by atoms with E-state index in [1.54, 1.807) is 4.68 Å². The third kappa shape index (κ3) is 2.04. The largest absolute Gasteiger partial charge is 0.369 e. The predicted octanol–water partition coefficient (Wildman–Crippen LogP) is 1.16. The number of aryl methyl sites for hydroxylation is 1. The standard InChI is InChI=1S/C12H16N8/c1-3-5-14-10-8-9(7-4-6-20(2)19-7)17-18-11(8)16-12(13)15-10/h4,6H,3,5H2,1-2H3,(H4,13,14,15,16,17,18).